The molecule has 19 heteroatoms. The van der Waals surface area contributed by atoms with E-state index in [0.717, 1.165) is 62.1 Å². The van der Waals surface area contributed by atoms with Crippen LogP contribution in [-0.2, 0) is 25.6 Å². The van der Waals surface area contributed by atoms with Gasteiger partial charge in [-0.25, -0.2) is 25.1 Å². The first-order valence-corrected chi connectivity index (χ1v) is 24.5. The number of nitrogens with zero attached hydrogens (tertiary/aromatic N) is 9. The summed E-state index contributed by atoms with van der Waals surface area (Å²) in [6, 6.07) is 20.3. The van der Waals surface area contributed by atoms with Gasteiger partial charge in [-0.1, -0.05) is 48.5 Å². The van der Waals surface area contributed by atoms with Gasteiger partial charge in [0, 0.05) is 37.6 Å². The second-order valence-electron chi connectivity index (χ2n) is 20.3. The van der Waals surface area contributed by atoms with Crippen LogP contribution in [0.3, 0.4) is 0 Å². The number of hydrogen-bond acceptors (Lipinski definition) is 14. The summed E-state index contributed by atoms with van der Waals surface area (Å²) in [4.78, 5) is 97.7. The van der Waals surface area contributed by atoms with Crippen LogP contribution in [0, 0.1) is 5.41 Å². The van der Waals surface area contributed by atoms with Crippen LogP contribution in [0.25, 0.3) is 11.2 Å². The van der Waals surface area contributed by atoms with Gasteiger partial charge in [-0.05, 0) is 123 Å². The number of rotatable bonds is 10. The molecule has 4 N–H and O–H groups in total. The van der Waals surface area contributed by atoms with Crippen LogP contribution >= 0.6 is 0 Å². The molecule has 1 spiro atoms. The maximum Gasteiger partial charge on any atom is 0.329 e. The predicted octanol–water partition coefficient (Wildman–Crippen LogP) is 4.52. The maximum absolute atomic E-state index is 14.2. The third kappa shape index (κ3) is 7.75. The Morgan fingerprint density at radius 3 is 2.30 bits per heavy atom. The van der Waals surface area contributed by atoms with Crippen molar-refractivity contribution < 1.29 is 33.9 Å². The van der Waals surface area contributed by atoms with E-state index in [1.54, 1.807) is 22.6 Å². The molecule has 5 fully saturated rings. The Morgan fingerprint density at radius 1 is 0.829 bits per heavy atom. The molecular weight excluding hydrogens is 893 g/mol. The van der Waals surface area contributed by atoms with Crippen molar-refractivity contribution in [3.05, 3.63) is 113 Å². The van der Waals surface area contributed by atoms with Crippen molar-refractivity contribution in [2.24, 2.45) is 5.41 Å². The second kappa shape index (κ2) is 17.4. The number of fused-ring (bicyclic) bond motifs is 2. The van der Waals surface area contributed by atoms with E-state index in [4.69, 9.17) is 9.97 Å². The molecule has 2 atom stereocenters. The molecule has 12 aliphatic heterocycles. The van der Waals surface area contributed by atoms with Crippen LogP contribution in [0.1, 0.15) is 120 Å². The molecule has 2 saturated carbocycles. The summed E-state index contributed by atoms with van der Waals surface area (Å²) in [5, 5.41) is 22.4. The van der Waals surface area contributed by atoms with E-state index in [-0.39, 0.29) is 52.9 Å². The Balaban J connectivity index is 0.903. The number of nitrogens with one attached hydrogen (secondary N) is 3. The molecule has 5 aromatic rings. The van der Waals surface area contributed by atoms with Gasteiger partial charge in [-0.3, -0.25) is 44.4 Å². The summed E-state index contributed by atoms with van der Waals surface area (Å²) in [7, 11) is 0. The van der Waals surface area contributed by atoms with Crippen molar-refractivity contribution in [1.82, 2.24) is 50.1 Å². The Morgan fingerprint density at radius 2 is 1.57 bits per heavy atom. The highest BCUT2D eigenvalue weighted by atomic mass is 16.4. The Bertz CT molecular complexity index is 2920. The van der Waals surface area contributed by atoms with E-state index < -0.39 is 41.7 Å². The standard InChI is InChI=1S/C51H54N12O7/c64-41-13-12-40(47(66)56-41)61-48(67)38-11-8-33(23-39(38)49(61)68)44(50(69)70)63-59-20-16-51(17-21-59)26-37(27-51)58-18-14-32(15-19-58)31-6-9-35(10-7-31)62(63)57-45-43-46(53-28-52-45)60(29-54-43)36-24-34(25-36)55-42(65)22-30-4-2-1-3-5-30/h1-11,23,28-29,32,34,36-37,40,44H,12-22,24-27H2,(H,55,65)(H,69,70)(H,52,53,57)(H,56,64,66)/t34?,36?,40-,44-/m0/s1. The van der Waals surface area contributed by atoms with Crippen LogP contribution in [0.4, 0.5) is 11.5 Å². The van der Waals surface area contributed by atoms with Crippen molar-refractivity contribution in [3.8, 4) is 0 Å². The summed E-state index contributed by atoms with van der Waals surface area (Å²) in [5.41, 5.74) is 7.78. The molecule has 360 valence electrons. The summed E-state index contributed by atoms with van der Waals surface area (Å²) < 4.78 is 2.01. The first-order valence-electron chi connectivity index (χ1n) is 24.5. The number of hydrazine groups is 3. The van der Waals surface area contributed by atoms with E-state index in [1.165, 1.54) is 24.0 Å². The number of aromatic nitrogens is 4. The molecule has 19 nitrogen and oxygen atoms in total. The van der Waals surface area contributed by atoms with Crippen molar-refractivity contribution in [2.45, 2.75) is 107 Å². The highest BCUT2D eigenvalue weighted by Crippen LogP contribution is 2.52. The SMILES string of the molecule is O=C1CC[C@H](N2C(=O)c3ccc([C@@H](C(=O)O)N4N5CCC6(CC5)CC(C6)N5CCC(CC5)c5ccc(cc5)N4Nc4ncnc5c4ncn5C4CC(NC(=O)Cc5ccccc5)C4)cc3C2=O)C(=O)N1. The van der Waals surface area contributed by atoms with E-state index in [0.29, 0.717) is 67.0 Å². The normalized spacial score (nSPS) is 28.8. The summed E-state index contributed by atoms with van der Waals surface area (Å²) >= 11 is 0. The van der Waals surface area contributed by atoms with Gasteiger partial charge in [-0.15, -0.1) is 5.12 Å². The number of anilines is 2. The molecule has 70 heavy (non-hydrogen) atoms. The lowest BCUT2D eigenvalue weighted by atomic mass is 9.60. The number of hydrogen-bond donors (Lipinski definition) is 4. The first-order chi connectivity index (χ1) is 34.0. The molecule has 19 rings (SSSR count). The Labute approximate surface area is 403 Å². The number of aliphatic carboxylic acids is 1. The molecule has 2 aromatic heterocycles. The molecule has 3 saturated heterocycles. The minimum atomic E-state index is -1.45. The largest absolute Gasteiger partial charge is 0.480 e. The van der Waals surface area contributed by atoms with Crippen LogP contribution < -0.4 is 21.2 Å². The number of carboxylic acid groups (broad SMARTS) is 1. The van der Waals surface area contributed by atoms with Crippen molar-refractivity contribution in [3.63, 3.8) is 0 Å². The fourth-order valence-corrected chi connectivity index (χ4v) is 12.2. The summed E-state index contributed by atoms with van der Waals surface area (Å²) in [6.07, 6.45) is 10.9. The van der Waals surface area contributed by atoms with E-state index in [9.17, 15) is 33.9 Å². The summed E-state index contributed by atoms with van der Waals surface area (Å²) in [6.45, 7) is 3.22. The number of carbonyl (C=O) groups is 6. The monoisotopic (exact) mass is 946 g/mol. The molecule has 0 radical (unpaired) electrons. The van der Waals surface area contributed by atoms with E-state index in [2.05, 4.69) is 43.1 Å². The zero-order chi connectivity index (χ0) is 47.8. The highest BCUT2D eigenvalue weighted by Gasteiger charge is 2.51. The fraction of sp³-hybridized carbons (Fsp3) is 0.431. The van der Waals surface area contributed by atoms with Crippen molar-refractivity contribution in [1.29, 1.82) is 0 Å². The smallest absolute Gasteiger partial charge is 0.329 e. The lowest BCUT2D eigenvalue weighted by molar-refractivity contribution is -0.164. The number of benzene rings is 3. The zero-order valence-electron chi connectivity index (χ0n) is 38.6. The van der Waals surface area contributed by atoms with Gasteiger partial charge >= 0.3 is 5.97 Å². The quantitative estimate of drug-likeness (QED) is 0.142. The summed E-state index contributed by atoms with van der Waals surface area (Å²) in [5.74, 6) is -3.13. The fourth-order valence-electron chi connectivity index (χ4n) is 12.2. The van der Waals surface area contributed by atoms with Crippen LogP contribution in [0.15, 0.2) is 85.5 Å². The topological polar surface area (TPSA) is 219 Å². The predicted molar refractivity (Wildman–Crippen MR) is 253 cm³/mol. The van der Waals surface area contributed by atoms with Crippen LogP contribution in [-0.4, -0.2) is 124 Å². The highest BCUT2D eigenvalue weighted by molar-refractivity contribution is 6.23. The van der Waals surface area contributed by atoms with Crippen molar-refractivity contribution >= 4 is 58.2 Å². The van der Waals surface area contributed by atoms with Crippen LogP contribution in [0.5, 0.6) is 0 Å². The third-order valence-corrected chi connectivity index (χ3v) is 16.2. The molecule has 14 aliphatic rings. The van der Waals surface area contributed by atoms with Gasteiger partial charge < -0.3 is 19.9 Å². The number of carboxylic acids is 1. The van der Waals surface area contributed by atoms with Gasteiger partial charge in [0.2, 0.25) is 17.7 Å². The third-order valence-electron chi connectivity index (χ3n) is 16.2. The van der Waals surface area contributed by atoms with Gasteiger partial charge in [-0.2, -0.15) is 0 Å². The molecule has 0 unspecified atom stereocenters. The lowest BCUT2D eigenvalue weighted by Gasteiger charge is -2.58. The van der Waals surface area contributed by atoms with Crippen LogP contribution in [0.2, 0.25) is 0 Å². The van der Waals surface area contributed by atoms with Gasteiger partial charge in [0.15, 0.2) is 23.0 Å². The number of carbonyl (C=O) groups excluding carboxylic acids is 5. The number of amides is 5. The zero-order valence-corrected chi connectivity index (χ0v) is 38.6. The number of piperidine rings is 3. The van der Waals surface area contributed by atoms with Crippen molar-refractivity contribution in [2.75, 3.05) is 36.7 Å². The average Bonchev–Trinajstić information content (AvgIpc) is 3.88. The van der Waals surface area contributed by atoms with Gasteiger partial charge in [0.25, 0.3) is 11.8 Å². The Hall–Kier alpha value is -7.09. The number of imidazole rings is 1. The Kier molecular flexibility index (Phi) is 11.0. The van der Waals surface area contributed by atoms with Gasteiger partial charge in [0.1, 0.15) is 12.4 Å². The van der Waals surface area contributed by atoms with E-state index >= 15 is 0 Å². The first kappa shape index (κ1) is 44.1. The lowest BCUT2D eigenvalue weighted by Crippen LogP contribution is -2.63. The molecule has 3 aromatic carbocycles. The molecule has 14 heterocycles. The minimum Gasteiger partial charge on any atom is -0.480 e. The molecule has 5 amide bonds. The second-order valence-corrected chi connectivity index (χ2v) is 20.3. The maximum atomic E-state index is 14.2. The molecule has 2 aliphatic carbocycles. The molecule has 7 bridgehead atoms. The minimum absolute atomic E-state index is 0.00210. The average molecular weight is 947 g/mol. The van der Waals surface area contributed by atoms with E-state index in [1.807, 2.05) is 47.0 Å². The molecular formula is C51H54N12O7. The number of imide groups is 2. The van der Waals surface area contributed by atoms with Gasteiger partial charge in [0.05, 0.1) is 29.6 Å².